The lowest BCUT2D eigenvalue weighted by Gasteiger charge is -2.23. The minimum absolute atomic E-state index is 0.0573. The number of aromatic nitrogens is 5. The predicted molar refractivity (Wildman–Crippen MR) is 154 cm³/mol. The van der Waals surface area contributed by atoms with Gasteiger partial charge in [0.1, 0.15) is 17.6 Å². The molecule has 1 saturated carbocycles. The second kappa shape index (κ2) is 10.9. The summed E-state index contributed by atoms with van der Waals surface area (Å²) in [4.78, 5) is 8.37. The van der Waals surface area contributed by atoms with Crippen LogP contribution in [-0.4, -0.2) is 45.0 Å². The van der Waals surface area contributed by atoms with Crippen molar-refractivity contribution in [1.82, 2.24) is 25.0 Å². The summed E-state index contributed by atoms with van der Waals surface area (Å²) in [6.45, 7) is 8.42. The Balaban J connectivity index is 1.66. The summed E-state index contributed by atoms with van der Waals surface area (Å²) >= 11 is 6.70. The number of hydrogen-bond acceptors (Lipinski definition) is 8. The number of alkyl halides is 2. The predicted octanol–water partition coefficient (Wildman–Crippen LogP) is 6.62. The van der Waals surface area contributed by atoms with Crippen LogP contribution in [0, 0.1) is 29.6 Å². The van der Waals surface area contributed by atoms with Crippen LogP contribution in [0.15, 0.2) is 30.5 Å². The van der Waals surface area contributed by atoms with Crippen molar-refractivity contribution in [2.24, 2.45) is 5.41 Å². The molecule has 0 bridgehead atoms. The number of nitrogens with zero attached hydrogens (tertiary/aromatic N) is 6. The van der Waals surface area contributed by atoms with Crippen LogP contribution in [0.3, 0.4) is 0 Å². The van der Waals surface area contributed by atoms with Gasteiger partial charge in [0.2, 0.25) is 11.8 Å². The third kappa shape index (κ3) is 5.41. The molecule has 42 heavy (non-hydrogen) atoms. The van der Waals surface area contributed by atoms with Crippen molar-refractivity contribution in [3.05, 3.63) is 63.9 Å². The molecule has 4 aromatic rings. The van der Waals surface area contributed by atoms with Crippen LogP contribution in [0.2, 0.25) is 5.02 Å². The van der Waals surface area contributed by atoms with Gasteiger partial charge in [-0.15, -0.1) is 5.10 Å². The molecule has 3 aromatic heterocycles. The van der Waals surface area contributed by atoms with E-state index < -0.39 is 24.0 Å². The number of anilines is 2. The van der Waals surface area contributed by atoms with E-state index in [0.717, 1.165) is 4.68 Å². The Morgan fingerprint density at radius 2 is 1.98 bits per heavy atom. The van der Waals surface area contributed by atoms with Crippen LogP contribution in [0.4, 0.5) is 24.5 Å². The van der Waals surface area contributed by atoms with Crippen molar-refractivity contribution in [3.63, 3.8) is 0 Å². The number of nitriles is 1. The van der Waals surface area contributed by atoms with Crippen LogP contribution < -0.4 is 15.4 Å². The number of ether oxygens (including phenoxy) is 1. The quantitative estimate of drug-likeness (QED) is 0.207. The van der Waals surface area contributed by atoms with Crippen LogP contribution in [-0.2, 0) is 5.54 Å². The summed E-state index contributed by atoms with van der Waals surface area (Å²) in [5.74, 6) is -0.611. The Bertz CT molecular complexity index is 1690. The highest BCUT2D eigenvalue weighted by molar-refractivity contribution is 6.35. The zero-order valence-corrected chi connectivity index (χ0v) is 24.5. The maximum absolute atomic E-state index is 14.0. The molecule has 1 fully saturated rings. The molecule has 5 rings (SSSR count). The van der Waals surface area contributed by atoms with Crippen molar-refractivity contribution in [1.29, 1.82) is 5.26 Å². The second-order valence-electron chi connectivity index (χ2n) is 11.6. The third-order valence-electron chi connectivity index (χ3n) is 7.27. The molecule has 9 nitrogen and oxygen atoms in total. The second-order valence-corrected chi connectivity index (χ2v) is 12.0. The fourth-order valence-electron chi connectivity index (χ4n) is 4.88. The number of hydrogen-bond donors (Lipinski definition) is 2. The van der Waals surface area contributed by atoms with Crippen molar-refractivity contribution in [3.8, 4) is 11.9 Å². The van der Waals surface area contributed by atoms with E-state index in [4.69, 9.17) is 16.3 Å². The molecule has 1 atom stereocenters. The molecule has 0 amide bonds. The van der Waals surface area contributed by atoms with Gasteiger partial charge in [0.25, 0.3) is 6.43 Å². The Labute approximate surface area is 246 Å². The van der Waals surface area contributed by atoms with E-state index in [1.807, 2.05) is 0 Å². The van der Waals surface area contributed by atoms with E-state index in [1.54, 1.807) is 25.1 Å². The lowest BCUT2D eigenvalue weighted by molar-refractivity contribution is 0.0545. The van der Waals surface area contributed by atoms with Gasteiger partial charge < -0.3 is 15.4 Å². The molecular weight excluding hydrogens is 569 g/mol. The number of rotatable bonds is 9. The lowest BCUT2D eigenvalue weighted by Crippen LogP contribution is -2.27. The van der Waals surface area contributed by atoms with E-state index in [9.17, 15) is 18.4 Å². The summed E-state index contributed by atoms with van der Waals surface area (Å²) in [6, 6.07) is 7.54. The lowest BCUT2D eigenvalue weighted by atomic mass is 9.96. The van der Waals surface area contributed by atoms with Crippen LogP contribution in [0.1, 0.15) is 62.2 Å². The fourth-order valence-corrected chi connectivity index (χ4v) is 5.15. The Kier molecular flexibility index (Phi) is 7.66. The van der Waals surface area contributed by atoms with Crippen molar-refractivity contribution >= 4 is 33.9 Å². The molecule has 1 aliphatic carbocycles. The summed E-state index contributed by atoms with van der Waals surface area (Å²) < 4.78 is 48.8. The minimum Gasteiger partial charge on any atom is -0.480 e. The molecule has 0 saturated heterocycles. The monoisotopic (exact) mass is 598 g/mol. The van der Waals surface area contributed by atoms with Crippen molar-refractivity contribution in [2.45, 2.75) is 58.5 Å². The molecule has 0 aliphatic heterocycles. The summed E-state index contributed by atoms with van der Waals surface area (Å²) in [6.07, 6.45) is -0.722. The van der Waals surface area contributed by atoms with Gasteiger partial charge >= 0.3 is 0 Å². The summed E-state index contributed by atoms with van der Waals surface area (Å²) in [5.41, 5.74) is 1.44. The van der Waals surface area contributed by atoms with E-state index >= 15 is 0 Å². The molecule has 220 valence electrons. The van der Waals surface area contributed by atoms with Crippen LogP contribution >= 0.6 is 11.6 Å². The number of aryl methyl sites for hydroxylation is 1. The van der Waals surface area contributed by atoms with Gasteiger partial charge in [0.05, 0.1) is 28.9 Å². The van der Waals surface area contributed by atoms with Crippen molar-refractivity contribution in [2.75, 3.05) is 24.3 Å². The Hall–Kier alpha value is -4.11. The fraction of sp³-hybridized carbons (Fsp3) is 0.414. The SMILES string of the molecule is COc1c(C(Nc2cc(Cl)c3ncc(C#N)c(NCC(C)(C)C)c3c2)c2ccc(F)nc2C)nnn1C1(C(F)F)CC1. The average Bonchev–Trinajstić information content (AvgIpc) is 3.63. The van der Waals surface area contributed by atoms with Gasteiger partial charge in [-0.05, 0) is 43.4 Å². The first-order chi connectivity index (χ1) is 19.9. The van der Waals surface area contributed by atoms with Gasteiger partial charge in [-0.3, -0.25) is 4.98 Å². The van der Waals surface area contributed by atoms with Gasteiger partial charge in [-0.25, -0.2) is 18.4 Å². The van der Waals surface area contributed by atoms with Gasteiger partial charge in [-0.2, -0.15) is 9.65 Å². The number of nitrogens with one attached hydrogen (secondary N) is 2. The highest BCUT2D eigenvalue weighted by Gasteiger charge is 2.56. The highest BCUT2D eigenvalue weighted by Crippen LogP contribution is 2.51. The smallest absolute Gasteiger partial charge is 0.263 e. The first kappa shape index (κ1) is 29.4. The summed E-state index contributed by atoms with van der Waals surface area (Å²) in [5, 5.41) is 25.8. The number of halogens is 4. The number of methoxy groups -OCH3 is 1. The summed E-state index contributed by atoms with van der Waals surface area (Å²) in [7, 11) is 1.36. The molecule has 1 aliphatic rings. The number of fused-ring (bicyclic) bond motifs is 1. The maximum atomic E-state index is 14.0. The first-order valence-corrected chi connectivity index (χ1v) is 13.7. The zero-order chi connectivity index (χ0) is 30.4. The molecule has 1 unspecified atom stereocenters. The van der Waals surface area contributed by atoms with Gasteiger partial charge in [0.15, 0.2) is 5.69 Å². The first-order valence-electron chi connectivity index (χ1n) is 13.3. The number of pyridine rings is 2. The van der Waals surface area contributed by atoms with Crippen LogP contribution in [0.5, 0.6) is 5.88 Å². The molecule has 1 aromatic carbocycles. The third-order valence-corrected chi connectivity index (χ3v) is 7.55. The topological polar surface area (TPSA) is 114 Å². The van der Waals surface area contributed by atoms with Gasteiger partial charge in [-0.1, -0.05) is 43.7 Å². The maximum Gasteiger partial charge on any atom is 0.263 e. The zero-order valence-electron chi connectivity index (χ0n) is 23.8. The van der Waals surface area contributed by atoms with Crippen LogP contribution in [0.25, 0.3) is 10.9 Å². The van der Waals surface area contributed by atoms with Crippen molar-refractivity contribution < 1.29 is 17.9 Å². The molecule has 2 N–H and O–H groups in total. The molecular formula is C29H30ClF3N8O. The highest BCUT2D eigenvalue weighted by atomic mass is 35.5. The Morgan fingerprint density at radius 1 is 1.24 bits per heavy atom. The molecule has 0 spiro atoms. The Morgan fingerprint density at radius 3 is 2.57 bits per heavy atom. The average molecular weight is 599 g/mol. The van der Waals surface area contributed by atoms with Gasteiger partial charge in [0, 0.05) is 35.1 Å². The van der Waals surface area contributed by atoms with E-state index in [-0.39, 0.29) is 29.8 Å². The minimum atomic E-state index is -2.67. The largest absolute Gasteiger partial charge is 0.480 e. The molecule has 13 heteroatoms. The van der Waals surface area contributed by atoms with E-state index in [0.29, 0.717) is 50.7 Å². The standard InChI is InChI=1S/C29H30ClF3N8O/c1-15-18(6-7-21(31)37-15)24(25-26(42-5)41(40-39-25)29(8-9-29)27(32)33)38-17-10-19-22(36-14-28(2,3)4)16(12-34)13-35-23(19)20(30)11-17/h6-7,10-11,13,24,27,38H,8-9,14H2,1-5H3,(H,35,36). The van der Waals surface area contributed by atoms with E-state index in [1.165, 1.54) is 19.4 Å². The molecule has 3 heterocycles. The normalized spacial score (nSPS) is 15.0. The number of benzene rings is 1. The molecule has 0 radical (unpaired) electrons. The van der Waals surface area contributed by atoms with E-state index in [2.05, 4.69) is 57.8 Å².